The predicted octanol–water partition coefficient (Wildman–Crippen LogP) is 6.05. The molecule has 3 aromatic heterocycles. The van der Waals surface area contributed by atoms with E-state index < -0.39 is 5.79 Å². The van der Waals surface area contributed by atoms with Gasteiger partial charge in [0.15, 0.2) is 11.5 Å². The Bertz CT molecular complexity index is 1680. The van der Waals surface area contributed by atoms with Gasteiger partial charge in [0.2, 0.25) is 0 Å². The second-order valence-corrected chi connectivity index (χ2v) is 12.3. The van der Waals surface area contributed by atoms with Crippen molar-refractivity contribution >= 4 is 44.8 Å². The molecule has 3 aliphatic heterocycles. The Labute approximate surface area is 252 Å². The molecular formula is C31H31ClN4O5S. The third-order valence-electron chi connectivity index (χ3n) is 7.96. The molecular weight excluding hydrogens is 576 g/mol. The van der Waals surface area contributed by atoms with Crippen LogP contribution in [0.2, 0.25) is 5.02 Å². The molecule has 2 atom stereocenters. The second kappa shape index (κ2) is 11.0. The highest BCUT2D eigenvalue weighted by atomic mass is 35.5. The topological polar surface area (TPSA) is 87.9 Å². The van der Waals surface area contributed by atoms with Gasteiger partial charge in [0, 0.05) is 38.4 Å². The molecule has 7 rings (SSSR count). The molecule has 0 unspecified atom stereocenters. The summed E-state index contributed by atoms with van der Waals surface area (Å²) in [6.07, 6.45) is 5.94. The highest BCUT2D eigenvalue weighted by molar-refractivity contribution is 7.20. The van der Waals surface area contributed by atoms with Crippen LogP contribution in [0.25, 0.3) is 15.9 Å². The van der Waals surface area contributed by atoms with Crippen LogP contribution < -0.4 is 9.47 Å². The summed E-state index contributed by atoms with van der Waals surface area (Å²) >= 11 is 7.43. The highest BCUT2D eigenvalue weighted by Crippen LogP contribution is 2.48. The average molecular weight is 607 g/mol. The number of fused-ring (bicyclic) bond motifs is 2. The molecule has 1 aromatic carbocycles. The van der Waals surface area contributed by atoms with Gasteiger partial charge in [-0.2, -0.15) is 0 Å². The van der Waals surface area contributed by atoms with E-state index in [2.05, 4.69) is 26.6 Å². The molecule has 1 saturated heterocycles. The zero-order valence-electron chi connectivity index (χ0n) is 23.5. The number of hydrogen-bond donors (Lipinski definition) is 0. The Hall–Kier alpha value is -3.44. The number of esters is 1. The maximum atomic E-state index is 12.3. The monoisotopic (exact) mass is 606 g/mol. The van der Waals surface area contributed by atoms with Gasteiger partial charge in [-0.05, 0) is 49.6 Å². The van der Waals surface area contributed by atoms with E-state index in [1.54, 1.807) is 12.3 Å². The molecule has 0 saturated carbocycles. The van der Waals surface area contributed by atoms with Crippen molar-refractivity contribution in [2.45, 2.75) is 51.7 Å². The minimum absolute atomic E-state index is 0.177. The summed E-state index contributed by atoms with van der Waals surface area (Å²) < 4.78 is 25.9. The third kappa shape index (κ3) is 5.06. The van der Waals surface area contributed by atoms with Crippen LogP contribution in [0, 0.1) is 0 Å². The molecule has 0 radical (unpaired) electrons. The number of hydrogen-bond acceptors (Lipinski definition) is 9. The van der Waals surface area contributed by atoms with Crippen molar-refractivity contribution in [3.8, 4) is 11.5 Å². The zero-order valence-corrected chi connectivity index (χ0v) is 25.0. The lowest BCUT2D eigenvalue weighted by Crippen LogP contribution is -2.33. The van der Waals surface area contributed by atoms with Gasteiger partial charge in [-0.25, -0.2) is 9.78 Å². The van der Waals surface area contributed by atoms with Crippen LogP contribution in [-0.2, 0) is 28.4 Å². The van der Waals surface area contributed by atoms with Crippen LogP contribution in [0.15, 0.2) is 48.7 Å². The lowest BCUT2D eigenvalue weighted by molar-refractivity contribution is -0.0718. The van der Waals surface area contributed by atoms with E-state index in [1.165, 1.54) is 16.9 Å². The summed E-state index contributed by atoms with van der Waals surface area (Å²) in [5, 5.41) is 0.565. The SMILES string of the molecule is CCOC(=O)c1cc2c(nc(CN3CC=C(c4cccc5c4O[C@](C)(c4ccc(Cl)cn4)O5)CC3)n2C[C@@H]2CCO2)s1. The molecule has 3 aliphatic rings. The number of carbonyl (C=O) groups is 1. The largest absolute Gasteiger partial charge is 0.462 e. The maximum Gasteiger partial charge on any atom is 0.348 e. The molecule has 1 fully saturated rings. The molecule has 0 N–H and O–H groups in total. The highest BCUT2D eigenvalue weighted by Gasteiger charge is 2.41. The van der Waals surface area contributed by atoms with Crippen LogP contribution in [-0.4, -0.2) is 57.8 Å². The maximum absolute atomic E-state index is 12.3. The Morgan fingerprint density at radius 1 is 1.26 bits per heavy atom. The van der Waals surface area contributed by atoms with Crippen molar-refractivity contribution in [1.82, 2.24) is 19.4 Å². The Balaban J connectivity index is 1.09. The van der Waals surface area contributed by atoms with Crippen LogP contribution in [0.5, 0.6) is 11.5 Å². The Morgan fingerprint density at radius 2 is 2.14 bits per heavy atom. The van der Waals surface area contributed by atoms with Gasteiger partial charge in [-0.15, -0.1) is 11.3 Å². The molecule has 42 heavy (non-hydrogen) atoms. The van der Waals surface area contributed by atoms with Gasteiger partial charge in [-0.3, -0.25) is 9.88 Å². The minimum atomic E-state index is -1.02. The fraction of sp³-hybridized carbons (Fsp3) is 0.387. The van der Waals surface area contributed by atoms with Crippen molar-refractivity contribution in [3.05, 3.63) is 75.7 Å². The quantitative estimate of drug-likeness (QED) is 0.224. The molecule has 4 aromatic rings. The second-order valence-electron chi connectivity index (χ2n) is 10.8. The van der Waals surface area contributed by atoms with Gasteiger partial charge in [0.25, 0.3) is 5.79 Å². The molecule has 0 amide bonds. The molecule has 6 heterocycles. The standard InChI is InChI=1S/C31H31ClN4O5S/c1-3-38-30(37)25-15-23-29(42-25)34-27(36(23)17-21-11-14-39-21)18-35-12-9-19(10-13-35)22-5-4-6-24-28(22)41-31(2,40-24)26-8-7-20(32)16-33-26/h4-9,15-16,21H,3,10-14,17-18H2,1-2H3/t21-,31+/m0/s1. The average Bonchev–Trinajstić information content (AvgIpc) is 3.62. The van der Waals surface area contributed by atoms with Crippen LogP contribution in [0.4, 0.5) is 0 Å². The van der Waals surface area contributed by atoms with E-state index in [0.717, 1.165) is 66.6 Å². The van der Waals surface area contributed by atoms with Crippen LogP contribution in [0.3, 0.4) is 0 Å². The van der Waals surface area contributed by atoms with E-state index in [1.807, 2.05) is 38.1 Å². The number of benzene rings is 1. The summed E-state index contributed by atoms with van der Waals surface area (Å²) in [6, 6.07) is 11.5. The first-order valence-electron chi connectivity index (χ1n) is 14.2. The fourth-order valence-corrected chi connectivity index (χ4v) is 6.71. The number of ether oxygens (including phenoxy) is 4. The number of carbonyl (C=O) groups excluding carboxylic acids is 1. The van der Waals surface area contributed by atoms with Crippen molar-refractivity contribution in [2.24, 2.45) is 0 Å². The zero-order chi connectivity index (χ0) is 28.8. The number of thiophene rings is 1. The molecule has 0 spiro atoms. The van der Waals surface area contributed by atoms with Crippen molar-refractivity contribution in [2.75, 3.05) is 26.3 Å². The summed E-state index contributed by atoms with van der Waals surface area (Å²) in [5.41, 5.74) is 3.90. The van der Waals surface area contributed by atoms with Crippen molar-refractivity contribution in [3.63, 3.8) is 0 Å². The van der Waals surface area contributed by atoms with Gasteiger partial charge >= 0.3 is 5.97 Å². The molecule has 11 heteroatoms. The lowest BCUT2D eigenvalue weighted by Gasteiger charge is -2.29. The van der Waals surface area contributed by atoms with E-state index in [9.17, 15) is 4.79 Å². The summed E-state index contributed by atoms with van der Waals surface area (Å²) in [4.78, 5) is 25.6. The number of halogens is 1. The number of para-hydroxylation sites is 1. The lowest BCUT2D eigenvalue weighted by atomic mass is 9.98. The minimum Gasteiger partial charge on any atom is -0.462 e. The van der Waals surface area contributed by atoms with E-state index in [4.69, 9.17) is 35.5 Å². The number of imidazole rings is 1. The first kappa shape index (κ1) is 27.4. The van der Waals surface area contributed by atoms with Gasteiger partial charge in [0.1, 0.15) is 21.2 Å². The predicted molar refractivity (Wildman–Crippen MR) is 160 cm³/mol. The fourth-order valence-electron chi connectivity index (χ4n) is 5.65. The summed E-state index contributed by atoms with van der Waals surface area (Å²) in [7, 11) is 0. The first-order chi connectivity index (χ1) is 20.4. The third-order valence-corrected chi connectivity index (χ3v) is 9.18. The van der Waals surface area contributed by atoms with Gasteiger partial charge < -0.3 is 23.5 Å². The molecule has 218 valence electrons. The number of pyridine rings is 1. The normalized spacial score (nSPS) is 21.8. The summed E-state index contributed by atoms with van der Waals surface area (Å²) in [6.45, 7) is 7.93. The van der Waals surface area contributed by atoms with Gasteiger partial charge in [-0.1, -0.05) is 29.8 Å². The first-order valence-corrected chi connectivity index (χ1v) is 15.4. The number of rotatable bonds is 8. The smallest absolute Gasteiger partial charge is 0.348 e. The Kier molecular flexibility index (Phi) is 7.17. The van der Waals surface area contributed by atoms with E-state index in [-0.39, 0.29) is 12.1 Å². The van der Waals surface area contributed by atoms with E-state index in [0.29, 0.717) is 34.5 Å². The molecule has 0 aliphatic carbocycles. The van der Waals surface area contributed by atoms with Crippen molar-refractivity contribution < 1.29 is 23.7 Å². The summed E-state index contributed by atoms with van der Waals surface area (Å²) in [5.74, 6) is 1.12. The number of aromatic nitrogens is 3. The van der Waals surface area contributed by atoms with Gasteiger partial charge in [0.05, 0.1) is 36.3 Å². The number of nitrogens with zero attached hydrogens (tertiary/aromatic N) is 4. The molecule has 0 bridgehead atoms. The van der Waals surface area contributed by atoms with Crippen LogP contribution in [0.1, 0.15) is 53.4 Å². The Morgan fingerprint density at radius 3 is 2.86 bits per heavy atom. The van der Waals surface area contributed by atoms with Crippen LogP contribution >= 0.6 is 22.9 Å². The van der Waals surface area contributed by atoms with E-state index >= 15 is 0 Å². The molecule has 9 nitrogen and oxygen atoms in total. The van der Waals surface area contributed by atoms with Crippen molar-refractivity contribution in [1.29, 1.82) is 0 Å².